The minimum atomic E-state index is -0.212. The molecule has 116 valence electrons. The first-order chi connectivity index (χ1) is 10.5. The number of guanidine groups is 1. The number of hydrogen-bond acceptors (Lipinski definition) is 2. The van der Waals surface area contributed by atoms with Gasteiger partial charge in [-0.2, -0.15) is 0 Å². The van der Waals surface area contributed by atoms with Crippen molar-refractivity contribution >= 4 is 11.6 Å². The molecule has 2 aromatic carbocycles. The fourth-order valence-corrected chi connectivity index (χ4v) is 2.04. The molecule has 0 bridgehead atoms. The number of nitrogens with zero attached hydrogens (tertiary/aromatic N) is 2. The Labute approximate surface area is 130 Å². The van der Waals surface area contributed by atoms with E-state index in [4.69, 9.17) is 5.73 Å². The van der Waals surface area contributed by atoms with E-state index in [-0.39, 0.29) is 5.82 Å². The Morgan fingerprint density at radius 3 is 2.55 bits per heavy atom. The second-order valence-corrected chi connectivity index (χ2v) is 5.36. The summed E-state index contributed by atoms with van der Waals surface area (Å²) < 4.78 is 14.0. The smallest absolute Gasteiger partial charge is 0.193 e. The van der Waals surface area contributed by atoms with E-state index in [1.54, 1.807) is 6.07 Å². The zero-order chi connectivity index (χ0) is 15.9. The van der Waals surface area contributed by atoms with Crippen LogP contribution in [0.2, 0.25) is 0 Å². The molecular formula is C17H21FN4. The SMILES string of the molecule is CN(C)Cc1ccc(CN=C(N)Nc2ccccc2)cc1F. The van der Waals surface area contributed by atoms with Gasteiger partial charge in [-0.1, -0.05) is 30.3 Å². The average molecular weight is 300 g/mol. The number of aliphatic imine (C=N–C) groups is 1. The molecule has 0 aliphatic carbocycles. The molecule has 4 nitrogen and oxygen atoms in total. The van der Waals surface area contributed by atoms with Crippen molar-refractivity contribution in [2.24, 2.45) is 10.7 Å². The van der Waals surface area contributed by atoms with Crippen molar-refractivity contribution in [3.05, 3.63) is 65.5 Å². The summed E-state index contributed by atoms with van der Waals surface area (Å²) in [6.45, 7) is 0.915. The second kappa shape index (κ2) is 7.56. The molecule has 2 rings (SSSR count). The first-order valence-corrected chi connectivity index (χ1v) is 7.08. The van der Waals surface area contributed by atoms with E-state index < -0.39 is 0 Å². The van der Waals surface area contributed by atoms with Gasteiger partial charge in [-0.05, 0) is 37.9 Å². The summed E-state index contributed by atoms with van der Waals surface area (Å²) in [5.41, 5.74) is 8.16. The molecule has 2 aromatic rings. The number of hydrogen-bond donors (Lipinski definition) is 2. The van der Waals surface area contributed by atoms with Gasteiger partial charge in [0.2, 0.25) is 0 Å². The van der Waals surface area contributed by atoms with Crippen LogP contribution >= 0.6 is 0 Å². The highest BCUT2D eigenvalue weighted by atomic mass is 19.1. The van der Waals surface area contributed by atoms with Crippen LogP contribution in [0.1, 0.15) is 11.1 Å². The van der Waals surface area contributed by atoms with Crippen LogP contribution in [-0.4, -0.2) is 25.0 Å². The van der Waals surface area contributed by atoms with Crippen LogP contribution in [0, 0.1) is 5.82 Å². The van der Waals surface area contributed by atoms with Crippen molar-refractivity contribution in [1.29, 1.82) is 0 Å². The van der Waals surface area contributed by atoms with Crippen molar-refractivity contribution < 1.29 is 4.39 Å². The van der Waals surface area contributed by atoms with Crippen molar-refractivity contribution in [3.8, 4) is 0 Å². The van der Waals surface area contributed by atoms with Crippen LogP contribution in [0.4, 0.5) is 10.1 Å². The molecular weight excluding hydrogens is 279 g/mol. The number of nitrogens with two attached hydrogens (primary N) is 1. The van der Waals surface area contributed by atoms with Gasteiger partial charge in [0.1, 0.15) is 5.82 Å². The van der Waals surface area contributed by atoms with Gasteiger partial charge in [0.05, 0.1) is 6.54 Å². The summed E-state index contributed by atoms with van der Waals surface area (Å²) in [6, 6.07) is 14.7. The van der Waals surface area contributed by atoms with Gasteiger partial charge >= 0.3 is 0 Å². The summed E-state index contributed by atoms with van der Waals surface area (Å²) >= 11 is 0. The predicted molar refractivity (Wildman–Crippen MR) is 89.2 cm³/mol. The predicted octanol–water partition coefficient (Wildman–Crippen LogP) is 2.81. The monoisotopic (exact) mass is 300 g/mol. The molecule has 0 aliphatic heterocycles. The highest BCUT2D eigenvalue weighted by molar-refractivity contribution is 5.92. The average Bonchev–Trinajstić information content (AvgIpc) is 2.48. The standard InChI is InChI=1S/C17H21FN4/c1-22(2)12-14-9-8-13(10-16(14)18)11-20-17(19)21-15-6-4-3-5-7-15/h3-10H,11-12H2,1-2H3,(H3,19,20,21). The summed E-state index contributed by atoms with van der Waals surface area (Å²) in [4.78, 5) is 6.16. The summed E-state index contributed by atoms with van der Waals surface area (Å²) in [5.74, 6) is 0.0972. The summed E-state index contributed by atoms with van der Waals surface area (Å²) in [6.07, 6.45) is 0. The topological polar surface area (TPSA) is 53.6 Å². The molecule has 3 N–H and O–H groups in total. The third kappa shape index (κ3) is 4.86. The molecule has 0 aliphatic rings. The van der Waals surface area contributed by atoms with E-state index in [9.17, 15) is 4.39 Å². The van der Waals surface area contributed by atoms with Crippen molar-refractivity contribution in [1.82, 2.24) is 4.90 Å². The molecule has 0 amide bonds. The van der Waals surface area contributed by atoms with E-state index in [1.807, 2.05) is 55.4 Å². The Bertz CT molecular complexity index is 638. The Kier molecular flexibility index (Phi) is 5.49. The van der Waals surface area contributed by atoms with Crippen molar-refractivity contribution in [3.63, 3.8) is 0 Å². The summed E-state index contributed by atoms with van der Waals surface area (Å²) in [5, 5.41) is 2.99. The minimum absolute atomic E-state index is 0.212. The van der Waals surface area contributed by atoms with E-state index in [0.29, 0.717) is 24.6 Å². The van der Waals surface area contributed by atoms with Crippen molar-refractivity contribution in [2.75, 3.05) is 19.4 Å². The molecule has 0 fully saturated rings. The molecule has 0 aromatic heterocycles. The molecule has 0 saturated carbocycles. The molecule has 0 saturated heterocycles. The van der Waals surface area contributed by atoms with E-state index in [2.05, 4.69) is 10.3 Å². The highest BCUT2D eigenvalue weighted by Gasteiger charge is 2.04. The van der Waals surface area contributed by atoms with Gasteiger partial charge in [-0.3, -0.25) is 0 Å². The van der Waals surface area contributed by atoms with E-state index >= 15 is 0 Å². The molecule has 0 radical (unpaired) electrons. The lowest BCUT2D eigenvalue weighted by Crippen LogP contribution is -2.22. The zero-order valence-corrected chi connectivity index (χ0v) is 12.9. The number of anilines is 1. The minimum Gasteiger partial charge on any atom is -0.370 e. The van der Waals surface area contributed by atoms with Crippen LogP contribution in [-0.2, 0) is 13.1 Å². The van der Waals surface area contributed by atoms with Crippen LogP contribution in [0.5, 0.6) is 0 Å². The van der Waals surface area contributed by atoms with Gasteiger partial charge in [0.15, 0.2) is 5.96 Å². The van der Waals surface area contributed by atoms with Crippen LogP contribution in [0.25, 0.3) is 0 Å². The quantitative estimate of drug-likeness (QED) is 0.659. The Hall–Kier alpha value is -2.40. The van der Waals surface area contributed by atoms with Crippen LogP contribution in [0.15, 0.2) is 53.5 Å². The number of benzene rings is 2. The number of rotatable bonds is 5. The number of nitrogens with one attached hydrogen (secondary N) is 1. The van der Waals surface area contributed by atoms with Crippen LogP contribution in [0.3, 0.4) is 0 Å². The Morgan fingerprint density at radius 2 is 1.91 bits per heavy atom. The fraction of sp³-hybridized carbons (Fsp3) is 0.235. The van der Waals surface area contributed by atoms with Crippen LogP contribution < -0.4 is 11.1 Å². The molecule has 22 heavy (non-hydrogen) atoms. The molecule has 0 atom stereocenters. The molecule has 0 unspecified atom stereocenters. The van der Waals surface area contributed by atoms with Gasteiger partial charge in [0.25, 0.3) is 0 Å². The lowest BCUT2D eigenvalue weighted by molar-refractivity contribution is 0.392. The molecule has 5 heteroatoms. The summed E-state index contributed by atoms with van der Waals surface area (Å²) in [7, 11) is 3.82. The normalized spacial score (nSPS) is 11.7. The molecule has 0 spiro atoms. The maximum absolute atomic E-state index is 14.0. The highest BCUT2D eigenvalue weighted by Crippen LogP contribution is 2.13. The maximum atomic E-state index is 14.0. The first kappa shape index (κ1) is 16.0. The first-order valence-electron chi connectivity index (χ1n) is 7.08. The second-order valence-electron chi connectivity index (χ2n) is 5.36. The zero-order valence-electron chi connectivity index (χ0n) is 12.9. The largest absolute Gasteiger partial charge is 0.370 e. The fourth-order valence-electron chi connectivity index (χ4n) is 2.04. The van der Waals surface area contributed by atoms with E-state index in [1.165, 1.54) is 6.07 Å². The Morgan fingerprint density at radius 1 is 1.18 bits per heavy atom. The number of halogens is 1. The lowest BCUT2D eigenvalue weighted by atomic mass is 10.1. The number of para-hydroxylation sites is 1. The van der Waals surface area contributed by atoms with Gasteiger partial charge in [-0.25, -0.2) is 9.38 Å². The van der Waals surface area contributed by atoms with E-state index in [0.717, 1.165) is 11.3 Å². The Balaban J connectivity index is 1.98. The van der Waals surface area contributed by atoms with Gasteiger partial charge < -0.3 is 16.0 Å². The molecule has 0 heterocycles. The lowest BCUT2D eigenvalue weighted by Gasteiger charge is -2.11. The third-order valence-corrected chi connectivity index (χ3v) is 3.08. The van der Waals surface area contributed by atoms with Crippen molar-refractivity contribution in [2.45, 2.75) is 13.1 Å². The third-order valence-electron chi connectivity index (χ3n) is 3.08. The van der Waals surface area contributed by atoms with Gasteiger partial charge in [0, 0.05) is 17.8 Å². The maximum Gasteiger partial charge on any atom is 0.193 e. The van der Waals surface area contributed by atoms with Gasteiger partial charge in [-0.15, -0.1) is 0 Å².